The Morgan fingerprint density at radius 2 is 1.38 bits per heavy atom. The number of carbonyl (C=O) groups is 2. The molecule has 0 atom stereocenters. The van der Waals surface area contributed by atoms with Crippen LogP contribution in [-0.2, 0) is 0 Å². The molecule has 8 nitrogen and oxygen atoms in total. The SMILES string of the molecule is CCCCNC(=O)c1nc(N)c(C(=O)NCCC)nc1N. The second-order valence-electron chi connectivity index (χ2n) is 4.56. The molecule has 0 bridgehead atoms. The number of amides is 2. The van der Waals surface area contributed by atoms with Crippen molar-refractivity contribution in [2.75, 3.05) is 24.6 Å². The summed E-state index contributed by atoms with van der Waals surface area (Å²) >= 11 is 0. The van der Waals surface area contributed by atoms with E-state index in [1.807, 2.05) is 13.8 Å². The summed E-state index contributed by atoms with van der Waals surface area (Å²) in [6.07, 6.45) is 2.60. The van der Waals surface area contributed by atoms with Crippen molar-refractivity contribution in [1.29, 1.82) is 0 Å². The van der Waals surface area contributed by atoms with E-state index in [2.05, 4.69) is 20.6 Å². The fourth-order valence-electron chi connectivity index (χ4n) is 1.58. The number of hydrogen-bond donors (Lipinski definition) is 4. The Bertz CT molecular complexity index is 518. The van der Waals surface area contributed by atoms with Crippen LogP contribution in [0.15, 0.2) is 0 Å². The highest BCUT2D eigenvalue weighted by Crippen LogP contribution is 2.13. The number of nitrogen functional groups attached to an aromatic ring is 2. The summed E-state index contributed by atoms with van der Waals surface area (Å²) in [5.74, 6) is -1.12. The summed E-state index contributed by atoms with van der Waals surface area (Å²) in [6.45, 7) is 4.96. The van der Waals surface area contributed by atoms with Gasteiger partial charge in [-0.15, -0.1) is 0 Å². The zero-order valence-electron chi connectivity index (χ0n) is 12.4. The average Bonchev–Trinajstić information content (AvgIpc) is 2.46. The van der Waals surface area contributed by atoms with Gasteiger partial charge in [-0.1, -0.05) is 20.3 Å². The molecule has 0 aliphatic rings. The van der Waals surface area contributed by atoms with Crippen molar-refractivity contribution in [1.82, 2.24) is 20.6 Å². The highest BCUT2D eigenvalue weighted by molar-refractivity contribution is 6.00. The fraction of sp³-hybridized carbons (Fsp3) is 0.538. The van der Waals surface area contributed by atoms with Gasteiger partial charge in [-0.25, -0.2) is 9.97 Å². The molecule has 0 saturated heterocycles. The summed E-state index contributed by atoms with van der Waals surface area (Å²) in [7, 11) is 0. The van der Waals surface area contributed by atoms with Crippen molar-refractivity contribution in [2.24, 2.45) is 0 Å². The Hall–Kier alpha value is -2.38. The van der Waals surface area contributed by atoms with Gasteiger partial charge < -0.3 is 22.1 Å². The molecule has 21 heavy (non-hydrogen) atoms. The Labute approximate surface area is 123 Å². The summed E-state index contributed by atoms with van der Waals surface area (Å²) in [4.78, 5) is 31.5. The standard InChI is InChI=1S/C13H22N6O2/c1-3-5-7-17-13(21)9-11(15)18-8(10(14)19-9)12(20)16-6-4-2/h3-7H2,1-2H3,(H2,14,19)(H2,15,18)(H,16,20)(H,17,21). The van der Waals surface area contributed by atoms with Gasteiger partial charge in [0, 0.05) is 13.1 Å². The summed E-state index contributed by atoms with van der Waals surface area (Å²) in [6, 6.07) is 0. The van der Waals surface area contributed by atoms with Crippen LogP contribution in [0.3, 0.4) is 0 Å². The molecule has 2 amide bonds. The molecule has 8 heteroatoms. The third kappa shape index (κ3) is 4.59. The molecule has 0 aliphatic heterocycles. The molecular weight excluding hydrogens is 272 g/mol. The monoisotopic (exact) mass is 294 g/mol. The first-order chi connectivity index (χ1) is 10.0. The normalized spacial score (nSPS) is 10.2. The molecule has 116 valence electrons. The van der Waals surface area contributed by atoms with Crippen LogP contribution < -0.4 is 22.1 Å². The molecule has 0 radical (unpaired) electrons. The van der Waals surface area contributed by atoms with Gasteiger partial charge in [0.05, 0.1) is 0 Å². The van der Waals surface area contributed by atoms with E-state index in [0.717, 1.165) is 19.3 Å². The minimum atomic E-state index is -0.452. The molecular formula is C13H22N6O2. The summed E-state index contributed by atoms with van der Waals surface area (Å²) < 4.78 is 0. The van der Waals surface area contributed by atoms with Crippen LogP contribution in [0.1, 0.15) is 54.1 Å². The predicted molar refractivity (Wildman–Crippen MR) is 80.7 cm³/mol. The van der Waals surface area contributed by atoms with E-state index < -0.39 is 11.8 Å². The number of anilines is 2. The Balaban J connectivity index is 2.88. The van der Waals surface area contributed by atoms with Crippen molar-refractivity contribution in [3.8, 4) is 0 Å². The second-order valence-corrected chi connectivity index (χ2v) is 4.56. The zero-order valence-corrected chi connectivity index (χ0v) is 12.4. The number of nitrogens with one attached hydrogen (secondary N) is 2. The lowest BCUT2D eigenvalue weighted by atomic mass is 10.3. The van der Waals surface area contributed by atoms with E-state index in [4.69, 9.17) is 11.5 Å². The molecule has 1 rings (SSSR count). The van der Waals surface area contributed by atoms with Gasteiger partial charge in [0.15, 0.2) is 23.0 Å². The van der Waals surface area contributed by atoms with Crippen LogP contribution in [0.25, 0.3) is 0 Å². The highest BCUT2D eigenvalue weighted by Gasteiger charge is 2.19. The number of rotatable bonds is 7. The lowest BCUT2D eigenvalue weighted by Gasteiger charge is -2.10. The van der Waals surface area contributed by atoms with Gasteiger partial charge in [-0.05, 0) is 12.8 Å². The number of hydrogen-bond acceptors (Lipinski definition) is 6. The average molecular weight is 294 g/mol. The minimum absolute atomic E-state index is 0.0596. The largest absolute Gasteiger partial charge is 0.382 e. The van der Waals surface area contributed by atoms with Crippen molar-refractivity contribution in [3.05, 3.63) is 11.4 Å². The number of aromatic nitrogens is 2. The molecule has 1 heterocycles. The van der Waals surface area contributed by atoms with Crippen LogP contribution in [-0.4, -0.2) is 34.9 Å². The Morgan fingerprint density at radius 1 is 0.905 bits per heavy atom. The first-order valence-electron chi connectivity index (χ1n) is 7.00. The van der Waals surface area contributed by atoms with E-state index in [1.54, 1.807) is 0 Å². The number of carbonyl (C=O) groups excluding carboxylic acids is 2. The molecule has 0 aliphatic carbocycles. The number of nitrogens with two attached hydrogens (primary N) is 2. The highest BCUT2D eigenvalue weighted by atomic mass is 16.2. The third-order valence-electron chi connectivity index (χ3n) is 2.73. The number of unbranched alkanes of at least 4 members (excludes halogenated alkanes) is 1. The first kappa shape index (κ1) is 16.7. The molecule has 1 aromatic heterocycles. The van der Waals surface area contributed by atoms with Crippen LogP contribution in [0, 0.1) is 0 Å². The van der Waals surface area contributed by atoms with E-state index in [0.29, 0.717) is 13.1 Å². The van der Waals surface area contributed by atoms with Crippen molar-refractivity contribution < 1.29 is 9.59 Å². The molecule has 1 aromatic rings. The maximum atomic E-state index is 11.9. The van der Waals surface area contributed by atoms with Gasteiger partial charge in [-0.3, -0.25) is 9.59 Å². The summed E-state index contributed by atoms with van der Waals surface area (Å²) in [5, 5.41) is 5.30. The van der Waals surface area contributed by atoms with Crippen LogP contribution >= 0.6 is 0 Å². The van der Waals surface area contributed by atoms with Gasteiger partial charge in [-0.2, -0.15) is 0 Å². The van der Waals surface area contributed by atoms with Crippen LogP contribution in [0.4, 0.5) is 11.6 Å². The topological polar surface area (TPSA) is 136 Å². The van der Waals surface area contributed by atoms with Gasteiger partial charge in [0.1, 0.15) is 0 Å². The van der Waals surface area contributed by atoms with Crippen molar-refractivity contribution >= 4 is 23.5 Å². The molecule has 0 fully saturated rings. The summed E-state index contributed by atoms with van der Waals surface area (Å²) in [5.41, 5.74) is 11.3. The van der Waals surface area contributed by atoms with E-state index in [9.17, 15) is 9.59 Å². The number of nitrogens with zero attached hydrogens (tertiary/aromatic N) is 2. The van der Waals surface area contributed by atoms with E-state index in [-0.39, 0.29) is 23.0 Å². The van der Waals surface area contributed by atoms with Gasteiger partial charge >= 0.3 is 0 Å². The quantitative estimate of drug-likeness (QED) is 0.534. The van der Waals surface area contributed by atoms with Gasteiger partial charge in [0.2, 0.25) is 0 Å². The Morgan fingerprint density at radius 3 is 1.81 bits per heavy atom. The van der Waals surface area contributed by atoms with Crippen molar-refractivity contribution in [2.45, 2.75) is 33.1 Å². The molecule has 6 N–H and O–H groups in total. The maximum Gasteiger partial charge on any atom is 0.273 e. The molecule has 0 aromatic carbocycles. The third-order valence-corrected chi connectivity index (χ3v) is 2.73. The zero-order chi connectivity index (χ0) is 15.8. The van der Waals surface area contributed by atoms with Crippen LogP contribution in [0.5, 0.6) is 0 Å². The fourth-order valence-corrected chi connectivity index (χ4v) is 1.58. The Kier molecular flexibility index (Phi) is 6.38. The molecule has 0 saturated carbocycles. The maximum absolute atomic E-state index is 11.9. The molecule has 0 unspecified atom stereocenters. The lowest BCUT2D eigenvalue weighted by Crippen LogP contribution is -2.30. The predicted octanol–water partition coefficient (Wildman–Crippen LogP) is 0.311. The smallest absolute Gasteiger partial charge is 0.273 e. The van der Waals surface area contributed by atoms with E-state index >= 15 is 0 Å². The van der Waals surface area contributed by atoms with Crippen LogP contribution in [0.2, 0.25) is 0 Å². The van der Waals surface area contributed by atoms with E-state index in [1.165, 1.54) is 0 Å². The molecule has 0 spiro atoms. The first-order valence-corrected chi connectivity index (χ1v) is 7.00. The second kappa shape index (κ2) is 8.03. The van der Waals surface area contributed by atoms with Crippen molar-refractivity contribution in [3.63, 3.8) is 0 Å². The lowest BCUT2D eigenvalue weighted by molar-refractivity contribution is 0.0935. The van der Waals surface area contributed by atoms with Gasteiger partial charge in [0.25, 0.3) is 11.8 Å². The minimum Gasteiger partial charge on any atom is -0.382 e.